The zero-order valence-corrected chi connectivity index (χ0v) is 34.5. The fourth-order valence-corrected chi connectivity index (χ4v) is 41.5. The zero-order valence-electron chi connectivity index (χ0n) is 29.8. The van der Waals surface area contributed by atoms with Crippen molar-refractivity contribution >= 4 is 18.1 Å². The second-order valence-corrected chi connectivity index (χ2v) is 43.2. The molecule has 0 aliphatic heterocycles. The molecule has 2 aliphatic rings. The normalized spacial score (nSPS) is 17.3. The summed E-state index contributed by atoms with van der Waals surface area (Å²) in [6.45, 7) is 24.6. The van der Waals surface area contributed by atoms with Crippen LogP contribution in [-0.2, 0) is 20.6 Å². The first-order chi connectivity index (χ1) is 22.0. The molecule has 0 nitrogen and oxygen atoms in total. The number of allylic oxidation sites excluding steroid dienone is 2. The Hall–Kier alpha value is -2.55. The van der Waals surface area contributed by atoms with Crippen LogP contribution in [0, 0.1) is 11.8 Å². The summed E-state index contributed by atoms with van der Waals surface area (Å²) >= 11 is -2.47. The molecule has 2 atom stereocenters. The molecule has 0 amide bonds. The van der Waals surface area contributed by atoms with Crippen LogP contribution < -0.4 is 0 Å². The Morgan fingerprint density at radius 3 is 1.17 bits per heavy atom. The predicted molar refractivity (Wildman–Crippen MR) is 202 cm³/mol. The van der Waals surface area contributed by atoms with Crippen LogP contribution in [0.2, 0.25) is 13.1 Å². The molecular weight excluding hydrogens is 735 g/mol. The van der Waals surface area contributed by atoms with Crippen LogP contribution >= 0.6 is 0 Å². The molecule has 0 spiro atoms. The van der Waals surface area contributed by atoms with Gasteiger partial charge in [-0.3, -0.25) is 0 Å². The second kappa shape index (κ2) is 13.5. The topological polar surface area (TPSA) is 0 Å². The molecule has 2 heteroatoms. The summed E-state index contributed by atoms with van der Waals surface area (Å²) in [4.78, 5) is 0. The average Bonchev–Trinajstić information content (AvgIpc) is 3.61. The van der Waals surface area contributed by atoms with Gasteiger partial charge in [0.25, 0.3) is 0 Å². The van der Waals surface area contributed by atoms with Crippen molar-refractivity contribution in [3.05, 3.63) is 129 Å². The molecule has 0 saturated carbocycles. The first-order valence-corrected chi connectivity index (χ1v) is 31.0. The summed E-state index contributed by atoms with van der Waals surface area (Å²) in [5, 5.41) is 0. The van der Waals surface area contributed by atoms with E-state index in [0.717, 1.165) is 0 Å². The molecule has 0 radical (unpaired) electrons. The Bertz CT molecular complexity index is 1670. The van der Waals surface area contributed by atoms with E-state index < -0.39 is 26.6 Å². The van der Waals surface area contributed by atoms with Gasteiger partial charge in [-0.1, -0.05) is 0 Å². The van der Waals surface area contributed by atoms with Gasteiger partial charge in [0.15, 0.2) is 0 Å². The molecular formula is C44H53HfSi. The van der Waals surface area contributed by atoms with Crippen LogP contribution in [0.5, 0.6) is 0 Å². The van der Waals surface area contributed by atoms with Gasteiger partial charge < -0.3 is 0 Å². The Morgan fingerprint density at radius 1 is 0.457 bits per heavy atom. The summed E-state index contributed by atoms with van der Waals surface area (Å²) in [6.07, 6.45) is 5.34. The molecule has 0 aromatic heterocycles. The molecule has 6 rings (SSSR count). The van der Waals surface area contributed by atoms with E-state index in [9.17, 15) is 0 Å². The Morgan fingerprint density at radius 2 is 0.826 bits per heavy atom. The van der Waals surface area contributed by atoms with Gasteiger partial charge in [0.05, 0.1) is 0 Å². The van der Waals surface area contributed by atoms with Gasteiger partial charge in [-0.25, -0.2) is 0 Å². The van der Waals surface area contributed by atoms with E-state index in [1.165, 1.54) is 44.5 Å². The van der Waals surface area contributed by atoms with Gasteiger partial charge in [0.1, 0.15) is 0 Å². The van der Waals surface area contributed by atoms with Crippen molar-refractivity contribution in [3.8, 4) is 22.3 Å². The molecule has 2 aliphatic carbocycles. The van der Waals surface area contributed by atoms with Crippen LogP contribution in [0.15, 0.2) is 96.1 Å². The van der Waals surface area contributed by atoms with Crippen molar-refractivity contribution in [1.29, 1.82) is 0 Å². The Kier molecular flexibility index (Phi) is 9.80. The van der Waals surface area contributed by atoms with Crippen molar-refractivity contribution < 1.29 is 20.6 Å². The summed E-state index contributed by atoms with van der Waals surface area (Å²) in [6, 6.07) is 32.9. The van der Waals surface area contributed by atoms with Crippen molar-refractivity contribution in [2.45, 2.75) is 87.7 Å². The van der Waals surface area contributed by atoms with Crippen molar-refractivity contribution in [2.24, 2.45) is 11.8 Å². The van der Waals surface area contributed by atoms with E-state index in [4.69, 9.17) is 0 Å². The zero-order chi connectivity index (χ0) is 32.9. The SMILES string of the molecule is CC(C)C1=Cc2c(-c3ccccc3C(C)C)cccc2[CH]1[Hf]([CH]1C(C(C)C)=Cc2c(-c3ccccc3C(C)C)cccc21)[SiH](C)C. The maximum absolute atomic E-state index is 2.71. The average molecular weight is 788 g/mol. The van der Waals surface area contributed by atoms with E-state index in [-0.39, 0.29) is 0 Å². The number of benzene rings is 4. The van der Waals surface area contributed by atoms with E-state index in [1.54, 1.807) is 22.3 Å². The van der Waals surface area contributed by atoms with Crippen molar-refractivity contribution in [2.75, 3.05) is 0 Å². The van der Waals surface area contributed by atoms with E-state index in [1.807, 2.05) is 0 Å². The fourth-order valence-electron chi connectivity index (χ4n) is 8.39. The van der Waals surface area contributed by atoms with Gasteiger partial charge in [-0.2, -0.15) is 0 Å². The van der Waals surface area contributed by atoms with Gasteiger partial charge >= 0.3 is 290 Å². The van der Waals surface area contributed by atoms with Crippen molar-refractivity contribution in [1.82, 2.24) is 0 Å². The molecule has 2 unspecified atom stereocenters. The number of rotatable bonds is 9. The third-order valence-electron chi connectivity index (χ3n) is 10.6. The molecule has 237 valence electrons. The van der Waals surface area contributed by atoms with Crippen molar-refractivity contribution in [3.63, 3.8) is 0 Å². The van der Waals surface area contributed by atoms with Crippen LogP contribution in [-0.4, -0.2) is 5.98 Å². The Labute approximate surface area is 288 Å². The Balaban J connectivity index is 1.55. The molecule has 0 saturated heterocycles. The van der Waals surface area contributed by atoms with Gasteiger partial charge in [0.2, 0.25) is 0 Å². The fraction of sp³-hybridized carbons (Fsp3) is 0.364. The first kappa shape index (κ1) is 33.4. The van der Waals surface area contributed by atoms with E-state index >= 15 is 0 Å². The summed E-state index contributed by atoms with van der Waals surface area (Å²) in [7, 11) is 0. The van der Waals surface area contributed by atoms with E-state index in [0.29, 0.717) is 31.0 Å². The molecule has 4 aromatic rings. The minimum absolute atomic E-state index is 0.497. The maximum atomic E-state index is 2.71. The van der Waals surface area contributed by atoms with Gasteiger partial charge in [0, 0.05) is 0 Å². The molecule has 0 fully saturated rings. The van der Waals surface area contributed by atoms with Crippen LogP contribution in [0.25, 0.3) is 34.4 Å². The standard InChI is InChI=1S/2C21H23.C2H7Si.Hf/c2*1-14(2)17-12-16-8-7-11-20(21(16)13-17)19-10-6-5-9-18(19)15(3)4;1-3-2;/h2*5-15H,1-4H3;3H,1-2H3;. The number of hydrogen-bond donors (Lipinski definition) is 0. The quantitative estimate of drug-likeness (QED) is 0.148. The van der Waals surface area contributed by atoms with Crippen LogP contribution in [0.3, 0.4) is 0 Å². The second-order valence-electron chi connectivity index (χ2n) is 15.2. The third-order valence-corrected chi connectivity index (χ3v) is 41.2. The molecule has 0 N–H and O–H groups in total. The van der Waals surface area contributed by atoms with E-state index in [2.05, 4.69) is 166 Å². The summed E-state index contributed by atoms with van der Waals surface area (Å²) in [5.41, 5.74) is 18.5. The summed E-state index contributed by atoms with van der Waals surface area (Å²) < 4.78 is 1.31. The molecule has 4 aromatic carbocycles. The predicted octanol–water partition coefficient (Wildman–Crippen LogP) is 12.8. The molecule has 0 bridgehead atoms. The monoisotopic (exact) mass is 789 g/mol. The minimum atomic E-state index is -2.47. The van der Waals surface area contributed by atoms with Crippen LogP contribution in [0.4, 0.5) is 0 Å². The summed E-state index contributed by atoms with van der Waals surface area (Å²) in [5.74, 6) is 1.13. The van der Waals surface area contributed by atoms with Gasteiger partial charge in [-0.15, -0.1) is 0 Å². The molecule has 46 heavy (non-hydrogen) atoms. The van der Waals surface area contributed by atoms with Crippen LogP contribution in [0.1, 0.15) is 108 Å². The number of hydrogen-bond acceptors (Lipinski definition) is 0. The first-order valence-electron chi connectivity index (χ1n) is 17.7. The van der Waals surface area contributed by atoms with Gasteiger partial charge in [-0.05, 0) is 0 Å². The molecule has 0 heterocycles. The number of fused-ring (bicyclic) bond motifs is 2. The third kappa shape index (κ3) is 5.87.